The summed E-state index contributed by atoms with van der Waals surface area (Å²) < 4.78 is 0.922. The summed E-state index contributed by atoms with van der Waals surface area (Å²) >= 11 is 15.2. The molecule has 0 bridgehead atoms. The van der Waals surface area contributed by atoms with Crippen molar-refractivity contribution >= 4 is 46.3 Å². The third-order valence-electron chi connectivity index (χ3n) is 1.74. The number of aromatic nitrogens is 2. The molecule has 0 atom stereocenters. The van der Waals surface area contributed by atoms with E-state index in [4.69, 9.17) is 23.2 Å². The lowest BCUT2D eigenvalue weighted by atomic mass is 10.2. The standard InChI is InChI=1S/C9H6Cl2N2S2/c10-7-2-1-3-8(11)6(7)4-14-9-13-12-5-15-9/h1-3,5H,4H2. The minimum Gasteiger partial charge on any atom is -0.146 e. The fraction of sp³-hybridized carbons (Fsp3) is 0.111. The molecule has 6 heteroatoms. The second kappa shape index (κ2) is 5.16. The predicted octanol–water partition coefficient (Wildman–Crippen LogP) is 4.14. The Morgan fingerprint density at radius 1 is 1.27 bits per heavy atom. The topological polar surface area (TPSA) is 25.8 Å². The molecule has 2 nitrogen and oxygen atoms in total. The molecule has 0 aliphatic heterocycles. The zero-order chi connectivity index (χ0) is 10.7. The van der Waals surface area contributed by atoms with Gasteiger partial charge >= 0.3 is 0 Å². The van der Waals surface area contributed by atoms with Gasteiger partial charge in [-0.2, -0.15) is 0 Å². The molecule has 15 heavy (non-hydrogen) atoms. The van der Waals surface area contributed by atoms with E-state index in [2.05, 4.69) is 10.2 Å². The van der Waals surface area contributed by atoms with Gasteiger partial charge in [-0.3, -0.25) is 0 Å². The molecule has 2 rings (SSSR count). The Hall–Kier alpha value is -0.290. The van der Waals surface area contributed by atoms with Gasteiger partial charge in [0.1, 0.15) is 5.51 Å². The first-order chi connectivity index (χ1) is 7.27. The molecule has 0 saturated heterocycles. The van der Waals surface area contributed by atoms with Crippen molar-refractivity contribution in [3.8, 4) is 0 Å². The zero-order valence-corrected chi connectivity index (χ0v) is 10.6. The highest BCUT2D eigenvalue weighted by molar-refractivity contribution is 8.00. The van der Waals surface area contributed by atoms with Gasteiger partial charge in [0.15, 0.2) is 4.34 Å². The van der Waals surface area contributed by atoms with Crippen molar-refractivity contribution in [2.45, 2.75) is 10.1 Å². The van der Waals surface area contributed by atoms with E-state index in [-0.39, 0.29) is 0 Å². The number of hydrogen-bond donors (Lipinski definition) is 0. The van der Waals surface area contributed by atoms with Gasteiger partial charge in [-0.25, -0.2) is 0 Å². The van der Waals surface area contributed by atoms with Crippen LogP contribution in [0.25, 0.3) is 0 Å². The van der Waals surface area contributed by atoms with Crippen LogP contribution in [0, 0.1) is 0 Å². The molecule has 78 valence electrons. The Bertz CT molecular complexity index is 425. The van der Waals surface area contributed by atoms with Crippen molar-refractivity contribution in [3.05, 3.63) is 39.3 Å². The quantitative estimate of drug-likeness (QED) is 0.789. The molecule has 0 N–H and O–H groups in total. The van der Waals surface area contributed by atoms with Crippen molar-refractivity contribution in [3.63, 3.8) is 0 Å². The number of thioether (sulfide) groups is 1. The first kappa shape index (κ1) is 11.2. The second-order valence-electron chi connectivity index (χ2n) is 2.69. The van der Waals surface area contributed by atoms with Gasteiger partial charge < -0.3 is 0 Å². The Balaban J connectivity index is 2.11. The Kier molecular flexibility index (Phi) is 3.86. The molecule has 1 aromatic heterocycles. The molecule has 0 fully saturated rings. The highest BCUT2D eigenvalue weighted by Crippen LogP contribution is 2.31. The number of halogens is 2. The van der Waals surface area contributed by atoms with Crippen molar-refractivity contribution < 1.29 is 0 Å². The van der Waals surface area contributed by atoms with Gasteiger partial charge in [-0.15, -0.1) is 10.2 Å². The van der Waals surface area contributed by atoms with Gasteiger partial charge in [-0.05, 0) is 17.7 Å². The summed E-state index contributed by atoms with van der Waals surface area (Å²) in [5.74, 6) is 0.716. The lowest BCUT2D eigenvalue weighted by molar-refractivity contribution is 1.01. The van der Waals surface area contributed by atoms with Gasteiger partial charge in [0.05, 0.1) is 0 Å². The summed E-state index contributed by atoms with van der Waals surface area (Å²) in [5.41, 5.74) is 2.65. The van der Waals surface area contributed by atoms with E-state index in [1.165, 1.54) is 11.3 Å². The maximum absolute atomic E-state index is 6.04. The van der Waals surface area contributed by atoms with Crippen LogP contribution >= 0.6 is 46.3 Å². The Morgan fingerprint density at radius 3 is 2.60 bits per heavy atom. The van der Waals surface area contributed by atoms with Gasteiger partial charge in [0, 0.05) is 15.8 Å². The molecule has 1 aromatic carbocycles. The Labute approximate surface area is 106 Å². The van der Waals surface area contributed by atoms with Gasteiger partial charge in [-0.1, -0.05) is 52.4 Å². The third kappa shape index (κ3) is 2.84. The highest BCUT2D eigenvalue weighted by Gasteiger charge is 2.07. The van der Waals surface area contributed by atoms with Crippen molar-refractivity contribution in [1.29, 1.82) is 0 Å². The fourth-order valence-electron chi connectivity index (χ4n) is 1.03. The Morgan fingerprint density at radius 2 is 2.00 bits per heavy atom. The average Bonchev–Trinajstić information content (AvgIpc) is 2.70. The molecular formula is C9H6Cl2N2S2. The van der Waals surface area contributed by atoms with E-state index in [1.54, 1.807) is 17.3 Å². The molecule has 0 spiro atoms. The van der Waals surface area contributed by atoms with E-state index in [9.17, 15) is 0 Å². The molecule has 0 unspecified atom stereocenters. The maximum Gasteiger partial charge on any atom is 0.174 e. The lowest BCUT2D eigenvalue weighted by Gasteiger charge is -2.04. The van der Waals surface area contributed by atoms with E-state index in [0.29, 0.717) is 15.8 Å². The van der Waals surface area contributed by atoms with E-state index < -0.39 is 0 Å². The van der Waals surface area contributed by atoms with Crippen LogP contribution in [-0.2, 0) is 5.75 Å². The second-order valence-corrected chi connectivity index (χ2v) is 5.56. The highest BCUT2D eigenvalue weighted by atomic mass is 35.5. The summed E-state index contributed by atoms with van der Waals surface area (Å²) in [6, 6.07) is 5.51. The van der Waals surface area contributed by atoms with Crippen LogP contribution < -0.4 is 0 Å². The first-order valence-corrected chi connectivity index (χ1v) is 6.71. The number of hydrogen-bond acceptors (Lipinski definition) is 4. The number of rotatable bonds is 3. The summed E-state index contributed by atoms with van der Waals surface area (Å²) in [4.78, 5) is 0. The summed E-state index contributed by atoms with van der Waals surface area (Å²) in [6.45, 7) is 0. The molecule has 0 amide bonds. The first-order valence-electron chi connectivity index (χ1n) is 4.09. The molecule has 0 aliphatic carbocycles. The fourth-order valence-corrected chi connectivity index (χ4v) is 3.26. The summed E-state index contributed by atoms with van der Waals surface area (Å²) in [7, 11) is 0. The maximum atomic E-state index is 6.04. The van der Waals surface area contributed by atoms with Crippen molar-refractivity contribution in [1.82, 2.24) is 10.2 Å². The van der Waals surface area contributed by atoms with Crippen LogP contribution in [0.5, 0.6) is 0 Å². The minimum atomic E-state index is 0.694. The van der Waals surface area contributed by atoms with E-state index >= 15 is 0 Å². The van der Waals surface area contributed by atoms with Crippen LogP contribution in [0.15, 0.2) is 28.0 Å². The molecular weight excluding hydrogens is 271 g/mol. The van der Waals surface area contributed by atoms with E-state index in [1.807, 2.05) is 18.2 Å². The van der Waals surface area contributed by atoms with Crippen molar-refractivity contribution in [2.75, 3.05) is 0 Å². The van der Waals surface area contributed by atoms with Gasteiger partial charge in [0.25, 0.3) is 0 Å². The van der Waals surface area contributed by atoms with Crippen LogP contribution in [0.3, 0.4) is 0 Å². The molecule has 0 radical (unpaired) electrons. The molecule has 0 aliphatic rings. The lowest BCUT2D eigenvalue weighted by Crippen LogP contribution is -1.84. The number of benzene rings is 1. The number of nitrogens with zero attached hydrogens (tertiary/aromatic N) is 2. The third-order valence-corrected chi connectivity index (χ3v) is 4.34. The predicted molar refractivity (Wildman–Crippen MR) is 65.9 cm³/mol. The molecule has 2 aromatic rings. The minimum absolute atomic E-state index is 0.694. The largest absolute Gasteiger partial charge is 0.174 e. The van der Waals surface area contributed by atoms with Crippen LogP contribution in [0.1, 0.15) is 5.56 Å². The summed E-state index contributed by atoms with van der Waals surface area (Å²) in [6.07, 6.45) is 0. The van der Waals surface area contributed by atoms with Gasteiger partial charge in [0.2, 0.25) is 0 Å². The zero-order valence-electron chi connectivity index (χ0n) is 7.48. The summed E-state index contributed by atoms with van der Waals surface area (Å²) in [5, 5.41) is 9.08. The normalized spacial score (nSPS) is 10.5. The van der Waals surface area contributed by atoms with Crippen molar-refractivity contribution in [2.24, 2.45) is 0 Å². The molecule has 1 heterocycles. The monoisotopic (exact) mass is 276 g/mol. The van der Waals surface area contributed by atoms with E-state index in [0.717, 1.165) is 9.90 Å². The SMILES string of the molecule is Clc1cccc(Cl)c1CSc1nncs1. The van der Waals surface area contributed by atoms with Crippen LogP contribution in [0.4, 0.5) is 0 Å². The smallest absolute Gasteiger partial charge is 0.146 e. The molecule has 0 saturated carbocycles. The average molecular weight is 277 g/mol. The van der Waals surface area contributed by atoms with Crippen LogP contribution in [0.2, 0.25) is 10.0 Å². The van der Waals surface area contributed by atoms with Crippen LogP contribution in [-0.4, -0.2) is 10.2 Å².